The molecule has 0 aromatic heterocycles. The van der Waals surface area contributed by atoms with Gasteiger partial charge in [0.25, 0.3) is 0 Å². The first kappa shape index (κ1) is 44.0. The van der Waals surface area contributed by atoms with E-state index in [1.807, 2.05) is 0 Å². The maximum absolute atomic E-state index is 2.50. The molecule has 0 amide bonds. The van der Waals surface area contributed by atoms with Crippen LogP contribution in [0.1, 0.15) is 22.3 Å². The van der Waals surface area contributed by atoms with E-state index in [4.69, 9.17) is 0 Å². The molecule has 0 saturated heterocycles. The summed E-state index contributed by atoms with van der Waals surface area (Å²) < 4.78 is 0. The highest BCUT2D eigenvalue weighted by Gasteiger charge is 2.52. The van der Waals surface area contributed by atoms with Crippen LogP contribution < -0.4 is 9.80 Å². The van der Waals surface area contributed by atoms with Crippen LogP contribution in [0.15, 0.2) is 303 Å². The second-order valence-corrected chi connectivity index (χ2v) is 19.6. The van der Waals surface area contributed by atoms with Gasteiger partial charge in [0.2, 0.25) is 0 Å². The van der Waals surface area contributed by atoms with E-state index in [2.05, 4.69) is 313 Å². The molecule has 0 unspecified atom stereocenters. The normalized spacial score (nSPS) is 12.4. The molecule has 0 heterocycles. The highest BCUT2D eigenvalue weighted by atomic mass is 15.1. The zero-order valence-electron chi connectivity index (χ0n) is 41.3. The lowest BCUT2D eigenvalue weighted by molar-refractivity contribution is 0.793. The van der Waals surface area contributed by atoms with Crippen LogP contribution in [0.4, 0.5) is 34.1 Å². The fourth-order valence-electron chi connectivity index (χ4n) is 12.1. The largest absolute Gasteiger partial charge is 0.310 e. The highest BCUT2D eigenvalue weighted by molar-refractivity contribution is 5.98. The number of benzene rings is 12. The Hall–Kier alpha value is -9.76. The molecule has 14 rings (SSSR count). The lowest BCUT2D eigenvalue weighted by Crippen LogP contribution is -2.26. The van der Waals surface area contributed by atoms with E-state index in [1.54, 1.807) is 0 Å². The van der Waals surface area contributed by atoms with E-state index in [0.717, 1.165) is 34.1 Å². The van der Waals surface area contributed by atoms with Gasteiger partial charge in [0, 0.05) is 34.1 Å². The van der Waals surface area contributed by atoms with E-state index in [9.17, 15) is 0 Å². The molecule has 1 spiro atoms. The third-order valence-electron chi connectivity index (χ3n) is 15.4. The van der Waals surface area contributed by atoms with E-state index in [0.29, 0.717) is 0 Å². The average molecular weight is 955 g/mol. The van der Waals surface area contributed by atoms with Crippen LogP contribution in [0.2, 0.25) is 0 Å². The zero-order chi connectivity index (χ0) is 49.7. The molecule has 0 saturated carbocycles. The van der Waals surface area contributed by atoms with Crippen molar-refractivity contribution >= 4 is 34.1 Å². The van der Waals surface area contributed by atoms with Crippen molar-refractivity contribution in [1.29, 1.82) is 0 Å². The van der Waals surface area contributed by atoms with Crippen LogP contribution in [0.3, 0.4) is 0 Å². The van der Waals surface area contributed by atoms with Crippen molar-refractivity contribution in [3.05, 3.63) is 326 Å². The summed E-state index contributed by atoms with van der Waals surface area (Å²) in [6, 6.07) is 112. The van der Waals surface area contributed by atoms with Gasteiger partial charge in [-0.1, -0.05) is 231 Å². The van der Waals surface area contributed by atoms with Gasteiger partial charge in [-0.25, -0.2) is 0 Å². The standard InChI is InChI=1S/C73H50N2/c1-5-21-51(22-6-1)55-29-17-33-59(45-55)74(60-34-18-30-56(46-60)52-23-7-2-8-24-52)63-41-43-67-68-44-42-64(50-72(68)73(71(67)49-63)69-39-15-13-37-65(69)66-38-14-16-40-70(66)73)75(61-35-19-31-57(47-61)53-25-9-3-10-26-53)62-36-20-32-58(48-62)54-27-11-4-12-28-54/h1-50H. The molecule has 12 aromatic rings. The third kappa shape index (κ3) is 7.49. The predicted octanol–water partition coefficient (Wildman–Crippen LogP) is 19.6. The van der Waals surface area contributed by atoms with Crippen molar-refractivity contribution in [3.63, 3.8) is 0 Å². The first-order valence-corrected chi connectivity index (χ1v) is 25.9. The number of rotatable bonds is 10. The number of hydrogen-bond donors (Lipinski definition) is 0. The molecule has 352 valence electrons. The quantitative estimate of drug-likeness (QED) is 0.135. The topological polar surface area (TPSA) is 6.48 Å². The van der Waals surface area contributed by atoms with Crippen LogP contribution in [0.25, 0.3) is 66.8 Å². The average Bonchev–Trinajstić information content (AvgIpc) is 4.10. The second kappa shape index (κ2) is 18.4. The summed E-state index contributed by atoms with van der Waals surface area (Å²) in [5.74, 6) is 0. The molecule has 0 atom stereocenters. The van der Waals surface area contributed by atoms with Crippen LogP contribution >= 0.6 is 0 Å². The summed E-state index contributed by atoms with van der Waals surface area (Å²) in [5.41, 5.74) is 25.5. The lowest BCUT2D eigenvalue weighted by atomic mass is 9.70. The molecule has 2 aliphatic rings. The predicted molar refractivity (Wildman–Crippen MR) is 314 cm³/mol. The summed E-state index contributed by atoms with van der Waals surface area (Å²) in [4.78, 5) is 4.91. The molecule has 0 fully saturated rings. The molecule has 0 radical (unpaired) electrons. The Balaban J connectivity index is 0.999. The zero-order valence-corrected chi connectivity index (χ0v) is 41.3. The van der Waals surface area contributed by atoms with Crippen molar-refractivity contribution in [3.8, 4) is 66.8 Å². The van der Waals surface area contributed by atoms with Crippen LogP contribution in [0, 0.1) is 0 Å². The first-order chi connectivity index (χ1) is 37.2. The minimum atomic E-state index is -0.628. The first-order valence-electron chi connectivity index (χ1n) is 25.9. The van der Waals surface area contributed by atoms with E-state index < -0.39 is 5.41 Å². The fraction of sp³-hybridized carbons (Fsp3) is 0.0137. The van der Waals surface area contributed by atoms with Gasteiger partial charge in [-0.05, 0) is 162 Å². The van der Waals surface area contributed by atoms with Crippen LogP contribution in [-0.4, -0.2) is 0 Å². The lowest BCUT2D eigenvalue weighted by Gasteiger charge is -2.33. The molecule has 2 heteroatoms. The van der Waals surface area contributed by atoms with Gasteiger partial charge in [-0.2, -0.15) is 0 Å². The monoisotopic (exact) mass is 954 g/mol. The molecular formula is C73H50N2. The summed E-state index contributed by atoms with van der Waals surface area (Å²) in [6.07, 6.45) is 0. The van der Waals surface area contributed by atoms with Gasteiger partial charge in [0.1, 0.15) is 0 Å². The smallest absolute Gasteiger partial charge is 0.0727 e. The Morgan fingerprint density at radius 2 is 0.427 bits per heavy atom. The Bertz CT molecular complexity index is 3640. The van der Waals surface area contributed by atoms with E-state index >= 15 is 0 Å². The Morgan fingerprint density at radius 1 is 0.173 bits per heavy atom. The number of fused-ring (bicyclic) bond motifs is 10. The third-order valence-corrected chi connectivity index (χ3v) is 15.4. The highest BCUT2D eigenvalue weighted by Crippen LogP contribution is 2.64. The summed E-state index contributed by atoms with van der Waals surface area (Å²) in [6.45, 7) is 0. The van der Waals surface area contributed by atoms with E-state index in [-0.39, 0.29) is 0 Å². The summed E-state index contributed by atoms with van der Waals surface area (Å²) in [7, 11) is 0. The maximum atomic E-state index is 2.50. The Kier molecular flexibility index (Phi) is 10.8. The Morgan fingerprint density at radius 3 is 0.747 bits per heavy atom. The summed E-state index contributed by atoms with van der Waals surface area (Å²) in [5, 5.41) is 0. The molecule has 2 nitrogen and oxygen atoms in total. The SMILES string of the molecule is c1ccc(-c2cccc(N(c3cccc(-c4ccccc4)c3)c3ccc4c(c3)C3(c5ccccc5-c5ccccc53)c3cc(N(c5cccc(-c6ccccc6)c5)c5cccc(-c6ccccc6)c5)ccc3-4)c2)cc1. The molecule has 0 bridgehead atoms. The van der Waals surface area contributed by atoms with Gasteiger partial charge in [-0.15, -0.1) is 0 Å². The molecule has 2 aliphatic carbocycles. The van der Waals surface area contributed by atoms with E-state index in [1.165, 1.54) is 89.0 Å². The minimum Gasteiger partial charge on any atom is -0.310 e. The van der Waals surface area contributed by atoms with Crippen LogP contribution in [0.5, 0.6) is 0 Å². The summed E-state index contributed by atoms with van der Waals surface area (Å²) >= 11 is 0. The molecular weight excluding hydrogens is 905 g/mol. The van der Waals surface area contributed by atoms with Gasteiger partial charge in [-0.3, -0.25) is 0 Å². The van der Waals surface area contributed by atoms with Crippen molar-refractivity contribution < 1.29 is 0 Å². The molecule has 0 aliphatic heterocycles. The van der Waals surface area contributed by atoms with Crippen molar-refractivity contribution in [2.45, 2.75) is 5.41 Å². The molecule has 0 N–H and O–H groups in total. The number of nitrogens with zero attached hydrogens (tertiary/aromatic N) is 2. The van der Waals surface area contributed by atoms with Gasteiger partial charge in [0.15, 0.2) is 0 Å². The van der Waals surface area contributed by atoms with Gasteiger partial charge < -0.3 is 9.80 Å². The number of hydrogen-bond acceptors (Lipinski definition) is 2. The minimum absolute atomic E-state index is 0.628. The molecule has 12 aromatic carbocycles. The molecule has 75 heavy (non-hydrogen) atoms. The van der Waals surface area contributed by atoms with Crippen molar-refractivity contribution in [1.82, 2.24) is 0 Å². The fourth-order valence-corrected chi connectivity index (χ4v) is 12.1. The number of anilines is 6. The van der Waals surface area contributed by atoms with Gasteiger partial charge in [0.05, 0.1) is 5.41 Å². The van der Waals surface area contributed by atoms with Crippen molar-refractivity contribution in [2.24, 2.45) is 0 Å². The maximum Gasteiger partial charge on any atom is 0.0727 e. The van der Waals surface area contributed by atoms with Crippen molar-refractivity contribution in [2.75, 3.05) is 9.80 Å². The van der Waals surface area contributed by atoms with Gasteiger partial charge >= 0.3 is 0 Å². The van der Waals surface area contributed by atoms with Crippen LogP contribution in [-0.2, 0) is 5.41 Å². The Labute approximate surface area is 439 Å². The second-order valence-electron chi connectivity index (χ2n) is 19.6.